The molecule has 10 heteroatoms. The van der Waals surface area contributed by atoms with E-state index in [9.17, 15) is 21.2 Å². The Morgan fingerprint density at radius 3 is 2.43 bits per heavy atom. The second kappa shape index (κ2) is 5.11. The molecular weight excluding hydrogens is 321 g/mol. The zero-order chi connectivity index (χ0) is 15.8. The Morgan fingerprint density at radius 1 is 1.24 bits per heavy atom. The first-order chi connectivity index (χ1) is 9.61. The number of aryl methyl sites for hydroxylation is 1. The molecule has 1 aromatic heterocycles. The van der Waals surface area contributed by atoms with Crippen molar-refractivity contribution in [3.8, 4) is 0 Å². The molecule has 0 aliphatic heterocycles. The van der Waals surface area contributed by atoms with Crippen LogP contribution in [0.1, 0.15) is 5.56 Å². The summed E-state index contributed by atoms with van der Waals surface area (Å²) in [4.78, 5) is -1.04. The van der Waals surface area contributed by atoms with E-state index in [1.54, 1.807) is 6.92 Å². The highest BCUT2D eigenvalue weighted by atomic mass is 32.2. The Morgan fingerprint density at radius 2 is 1.90 bits per heavy atom. The van der Waals surface area contributed by atoms with E-state index >= 15 is 0 Å². The zero-order valence-corrected chi connectivity index (χ0v) is 12.7. The minimum atomic E-state index is -4.28. The summed E-state index contributed by atoms with van der Waals surface area (Å²) in [6.45, 7) is 1.60. The molecule has 2 aromatic rings. The van der Waals surface area contributed by atoms with E-state index in [0.29, 0.717) is 5.56 Å². The van der Waals surface area contributed by atoms with Crippen molar-refractivity contribution in [1.82, 2.24) is 10.2 Å². The standard InChI is InChI=1S/C11H12FN3O4S2/c1-7-6-13-14-11(7)15-21(18,19)10-5-8(20(2,16)17)3-4-9(10)12/h3-6H,1-2H3,(H2,13,14,15). The highest BCUT2D eigenvalue weighted by molar-refractivity contribution is 7.93. The SMILES string of the molecule is Cc1cn[nH]c1NS(=O)(=O)c1cc(S(C)(=O)=O)ccc1F. The molecule has 0 bridgehead atoms. The maximum absolute atomic E-state index is 13.7. The number of hydrogen-bond acceptors (Lipinski definition) is 5. The smallest absolute Gasteiger partial charge is 0.263 e. The van der Waals surface area contributed by atoms with Gasteiger partial charge < -0.3 is 0 Å². The summed E-state index contributed by atoms with van der Waals surface area (Å²) in [5, 5.41) is 6.05. The molecule has 0 radical (unpaired) electrons. The van der Waals surface area contributed by atoms with Crippen LogP contribution in [0.5, 0.6) is 0 Å². The molecule has 1 heterocycles. The highest BCUT2D eigenvalue weighted by Crippen LogP contribution is 2.22. The lowest BCUT2D eigenvalue weighted by Crippen LogP contribution is -2.16. The van der Waals surface area contributed by atoms with Crippen LogP contribution in [-0.2, 0) is 19.9 Å². The summed E-state index contributed by atoms with van der Waals surface area (Å²) in [6, 6.07) is 2.58. The van der Waals surface area contributed by atoms with Gasteiger partial charge in [-0.1, -0.05) is 0 Å². The number of halogens is 1. The highest BCUT2D eigenvalue weighted by Gasteiger charge is 2.23. The number of H-pyrrole nitrogens is 1. The van der Waals surface area contributed by atoms with Gasteiger partial charge in [-0.2, -0.15) is 5.10 Å². The van der Waals surface area contributed by atoms with E-state index in [4.69, 9.17) is 0 Å². The van der Waals surface area contributed by atoms with Crippen LogP contribution in [0.25, 0.3) is 0 Å². The second-order valence-corrected chi connectivity index (χ2v) is 8.06. The zero-order valence-electron chi connectivity index (χ0n) is 11.1. The normalized spacial score (nSPS) is 12.3. The van der Waals surface area contributed by atoms with Crippen molar-refractivity contribution >= 4 is 25.7 Å². The Bertz CT molecular complexity index is 888. The van der Waals surface area contributed by atoms with E-state index < -0.39 is 30.6 Å². The van der Waals surface area contributed by atoms with Crippen molar-refractivity contribution < 1.29 is 21.2 Å². The third-order valence-corrected chi connectivity index (χ3v) is 5.16. The van der Waals surface area contributed by atoms with Gasteiger partial charge in [-0.15, -0.1) is 0 Å². The molecule has 114 valence electrons. The molecule has 0 saturated heterocycles. The lowest BCUT2D eigenvalue weighted by atomic mass is 10.3. The summed E-state index contributed by atoms with van der Waals surface area (Å²) in [5.41, 5.74) is 0.512. The average Bonchev–Trinajstić information content (AvgIpc) is 2.73. The van der Waals surface area contributed by atoms with Gasteiger partial charge >= 0.3 is 0 Å². The largest absolute Gasteiger partial charge is 0.266 e. The number of aromatic nitrogens is 2. The van der Waals surface area contributed by atoms with E-state index in [1.165, 1.54) is 6.20 Å². The van der Waals surface area contributed by atoms with Crippen molar-refractivity contribution in [3.63, 3.8) is 0 Å². The van der Waals surface area contributed by atoms with E-state index in [1.807, 2.05) is 0 Å². The number of sulfonamides is 1. The van der Waals surface area contributed by atoms with Crippen molar-refractivity contribution in [3.05, 3.63) is 35.8 Å². The summed E-state index contributed by atoms with van der Waals surface area (Å²) in [7, 11) is -7.93. The molecule has 2 N–H and O–H groups in total. The van der Waals surface area contributed by atoms with Crippen LogP contribution < -0.4 is 4.72 Å². The van der Waals surface area contributed by atoms with E-state index in [-0.39, 0.29) is 10.7 Å². The summed E-state index contributed by atoms with van der Waals surface area (Å²) in [6.07, 6.45) is 2.30. The lowest BCUT2D eigenvalue weighted by molar-refractivity contribution is 0.567. The van der Waals surface area contributed by atoms with Gasteiger partial charge in [0.2, 0.25) is 0 Å². The molecule has 0 atom stereocenters. The van der Waals surface area contributed by atoms with Gasteiger partial charge in [-0.05, 0) is 25.1 Å². The first-order valence-electron chi connectivity index (χ1n) is 5.63. The van der Waals surface area contributed by atoms with Crippen LogP contribution in [0.3, 0.4) is 0 Å². The minimum absolute atomic E-state index is 0.0826. The topological polar surface area (TPSA) is 109 Å². The molecule has 7 nitrogen and oxygen atoms in total. The fraction of sp³-hybridized carbons (Fsp3) is 0.182. The van der Waals surface area contributed by atoms with Gasteiger partial charge in [0.05, 0.1) is 11.1 Å². The van der Waals surface area contributed by atoms with Gasteiger partial charge in [0.1, 0.15) is 16.5 Å². The van der Waals surface area contributed by atoms with Crippen LogP contribution in [-0.4, -0.2) is 33.3 Å². The predicted molar refractivity (Wildman–Crippen MR) is 73.6 cm³/mol. The molecular formula is C11H12FN3O4S2. The van der Waals surface area contributed by atoms with Gasteiger partial charge in [-0.25, -0.2) is 21.2 Å². The molecule has 0 aliphatic carbocycles. The fourth-order valence-corrected chi connectivity index (χ4v) is 3.47. The summed E-state index contributed by atoms with van der Waals surface area (Å²) in [5.74, 6) is -0.966. The summed E-state index contributed by atoms with van der Waals surface area (Å²) < 4.78 is 63.1. The van der Waals surface area contributed by atoms with E-state index in [0.717, 1.165) is 24.5 Å². The van der Waals surface area contributed by atoms with Crippen molar-refractivity contribution in [1.29, 1.82) is 0 Å². The molecule has 0 aliphatic rings. The number of benzene rings is 1. The molecule has 0 fully saturated rings. The molecule has 1 aromatic carbocycles. The first kappa shape index (κ1) is 15.4. The number of nitrogens with one attached hydrogen (secondary N) is 2. The van der Waals surface area contributed by atoms with Crippen LogP contribution in [0.4, 0.5) is 10.2 Å². The van der Waals surface area contributed by atoms with Crippen LogP contribution in [0.15, 0.2) is 34.2 Å². The van der Waals surface area contributed by atoms with E-state index in [2.05, 4.69) is 14.9 Å². The third-order valence-electron chi connectivity index (χ3n) is 2.69. The Hall–Kier alpha value is -1.94. The number of rotatable bonds is 4. The number of anilines is 1. The number of hydrogen-bond donors (Lipinski definition) is 2. The molecule has 0 spiro atoms. The second-order valence-electron chi connectivity index (χ2n) is 4.40. The predicted octanol–water partition coefficient (Wildman–Crippen LogP) is 1.06. The van der Waals surface area contributed by atoms with Gasteiger partial charge in [0, 0.05) is 11.8 Å². The average molecular weight is 333 g/mol. The maximum Gasteiger partial charge on any atom is 0.266 e. The minimum Gasteiger partial charge on any atom is -0.263 e. The van der Waals surface area contributed by atoms with Gasteiger partial charge in [0.25, 0.3) is 10.0 Å². The molecule has 2 rings (SSSR count). The van der Waals surface area contributed by atoms with Crippen molar-refractivity contribution in [2.24, 2.45) is 0 Å². The number of nitrogens with zero attached hydrogens (tertiary/aromatic N) is 1. The first-order valence-corrected chi connectivity index (χ1v) is 9.01. The Kier molecular flexibility index (Phi) is 3.76. The Balaban J connectivity index is 2.52. The Labute approximate surface area is 121 Å². The number of aromatic amines is 1. The monoisotopic (exact) mass is 333 g/mol. The quantitative estimate of drug-likeness (QED) is 0.813. The van der Waals surface area contributed by atoms with Crippen LogP contribution in [0.2, 0.25) is 0 Å². The lowest BCUT2D eigenvalue weighted by Gasteiger charge is -2.09. The molecule has 0 unspecified atom stereocenters. The molecule has 0 amide bonds. The third kappa shape index (κ3) is 3.22. The van der Waals surface area contributed by atoms with Gasteiger partial charge in [-0.3, -0.25) is 9.82 Å². The molecule has 21 heavy (non-hydrogen) atoms. The van der Waals surface area contributed by atoms with Crippen LogP contribution in [0, 0.1) is 12.7 Å². The fourth-order valence-electron chi connectivity index (χ4n) is 1.56. The van der Waals surface area contributed by atoms with Gasteiger partial charge in [0.15, 0.2) is 9.84 Å². The van der Waals surface area contributed by atoms with Crippen LogP contribution >= 0.6 is 0 Å². The molecule has 0 saturated carbocycles. The number of sulfone groups is 1. The van der Waals surface area contributed by atoms with Crippen molar-refractivity contribution in [2.45, 2.75) is 16.7 Å². The van der Waals surface area contributed by atoms with Crippen molar-refractivity contribution in [2.75, 3.05) is 11.0 Å². The summed E-state index contributed by atoms with van der Waals surface area (Å²) >= 11 is 0. The maximum atomic E-state index is 13.7.